The Kier molecular flexibility index (Phi) is 7.41. The van der Waals surface area contributed by atoms with Crippen LogP contribution >= 0.6 is 32.3 Å². The molecule has 1 aromatic carbocycles. The Hall–Kier alpha value is -0.590. The van der Waals surface area contributed by atoms with E-state index in [0.29, 0.717) is 12.2 Å². The number of rotatable bonds is 7. The summed E-state index contributed by atoms with van der Waals surface area (Å²) >= 11 is 6.49. The van der Waals surface area contributed by atoms with E-state index in [2.05, 4.69) is 51.0 Å². The molecule has 0 bridgehead atoms. The highest BCUT2D eigenvalue weighted by molar-refractivity contribution is 9.25. The highest BCUT2D eigenvalue weighted by Crippen LogP contribution is 2.22. The zero-order valence-electron chi connectivity index (χ0n) is 11.1. The number of hydrogen-bond donors (Lipinski definition) is 0. The van der Waals surface area contributed by atoms with Crippen LogP contribution in [0.5, 0.6) is 0 Å². The molecule has 4 nitrogen and oxygen atoms in total. The van der Waals surface area contributed by atoms with E-state index >= 15 is 0 Å². The quantitative estimate of drug-likeness (QED) is 0.523. The van der Waals surface area contributed by atoms with Crippen molar-refractivity contribution in [3.8, 4) is 0 Å². The van der Waals surface area contributed by atoms with Crippen LogP contribution < -0.4 is 2.95 Å². The Morgan fingerprint density at radius 2 is 1.74 bits per heavy atom. The van der Waals surface area contributed by atoms with Gasteiger partial charge < -0.3 is 9.64 Å². The first-order chi connectivity index (χ1) is 9.08. The molecular weight excluding hydrogens is 376 g/mol. The van der Waals surface area contributed by atoms with Gasteiger partial charge in [-0.2, -0.15) is 0 Å². The number of halogens is 2. The number of benzene rings is 1. The molecule has 19 heavy (non-hydrogen) atoms. The molecule has 0 unspecified atom stereocenters. The lowest BCUT2D eigenvalue weighted by atomic mass is 10.2. The number of carbonyl (C=O) groups is 1. The lowest BCUT2D eigenvalue weighted by molar-refractivity contribution is 0.0466. The van der Waals surface area contributed by atoms with E-state index in [4.69, 9.17) is 4.74 Å². The third-order valence-electron chi connectivity index (χ3n) is 2.83. The fraction of sp³-hybridized carbons (Fsp3) is 0.462. The predicted octanol–water partition coefficient (Wildman–Crippen LogP) is 3.61. The lowest BCUT2D eigenvalue weighted by Gasteiger charge is -2.17. The second-order valence-corrected chi connectivity index (χ2v) is 6.31. The molecule has 0 heterocycles. The van der Waals surface area contributed by atoms with Gasteiger partial charge in [0.05, 0.1) is 43.5 Å². The average molecular weight is 394 g/mol. The monoisotopic (exact) mass is 392 g/mol. The van der Waals surface area contributed by atoms with Crippen LogP contribution in [-0.2, 0) is 4.74 Å². The van der Waals surface area contributed by atoms with Crippen molar-refractivity contribution in [2.75, 3.05) is 29.2 Å². The van der Waals surface area contributed by atoms with Crippen LogP contribution in [0.4, 0.5) is 5.69 Å². The van der Waals surface area contributed by atoms with Crippen LogP contribution in [0.25, 0.3) is 0 Å². The van der Waals surface area contributed by atoms with Crippen LogP contribution in [0.1, 0.15) is 24.2 Å². The number of anilines is 1. The molecule has 1 aromatic rings. The summed E-state index contributed by atoms with van der Waals surface area (Å²) in [5.41, 5.74) is 1.46. The molecule has 0 amide bonds. The maximum absolute atomic E-state index is 11.8. The molecular formula is C13H18Br2N2O2. The zero-order chi connectivity index (χ0) is 14.3. The molecule has 0 aliphatic heterocycles. The number of nitrogens with zero attached hydrogens (tertiary/aromatic N) is 2. The van der Waals surface area contributed by atoms with Gasteiger partial charge in [-0.25, -0.2) is 7.75 Å². The summed E-state index contributed by atoms with van der Waals surface area (Å²) in [6.07, 6.45) is 0. The summed E-state index contributed by atoms with van der Waals surface area (Å²) < 4.78 is 6.87. The third-order valence-corrected chi connectivity index (χ3v) is 3.65. The molecule has 106 valence electrons. The first-order valence-corrected chi connectivity index (χ1v) is 7.61. The molecule has 0 aromatic heterocycles. The Morgan fingerprint density at radius 1 is 1.16 bits per heavy atom. The van der Waals surface area contributed by atoms with Crippen molar-refractivity contribution in [1.82, 2.24) is 4.90 Å². The Labute approximate surface area is 131 Å². The second kappa shape index (κ2) is 8.55. The van der Waals surface area contributed by atoms with Gasteiger partial charge in [-0.3, -0.25) is 0 Å². The largest absolute Gasteiger partial charge is 0.461 e. The SMILES string of the molecule is CCN(CC)CCOC(=O)c1ccc(N(Br)Br)cc1. The Balaban J connectivity index is 2.45. The van der Waals surface area contributed by atoms with Crippen molar-refractivity contribution in [3.05, 3.63) is 29.8 Å². The van der Waals surface area contributed by atoms with Gasteiger partial charge in [-0.1, -0.05) is 13.8 Å². The van der Waals surface area contributed by atoms with Gasteiger partial charge >= 0.3 is 5.97 Å². The van der Waals surface area contributed by atoms with E-state index in [9.17, 15) is 4.79 Å². The minimum Gasteiger partial charge on any atom is -0.461 e. The first kappa shape index (κ1) is 16.5. The molecule has 0 aliphatic rings. The lowest BCUT2D eigenvalue weighted by Crippen LogP contribution is -2.27. The van der Waals surface area contributed by atoms with Crippen molar-refractivity contribution >= 4 is 44.0 Å². The van der Waals surface area contributed by atoms with Gasteiger partial charge in [0.15, 0.2) is 0 Å². The number of likely N-dealkylation sites (N-methyl/N-ethyl adjacent to an activating group) is 1. The van der Waals surface area contributed by atoms with Crippen LogP contribution in [0.15, 0.2) is 24.3 Å². The highest BCUT2D eigenvalue weighted by atomic mass is 79.9. The number of hydrogen-bond acceptors (Lipinski definition) is 4. The zero-order valence-corrected chi connectivity index (χ0v) is 14.3. The third kappa shape index (κ3) is 5.50. The van der Waals surface area contributed by atoms with Crippen LogP contribution in [0, 0.1) is 0 Å². The highest BCUT2D eigenvalue weighted by Gasteiger charge is 2.08. The molecule has 0 atom stereocenters. The van der Waals surface area contributed by atoms with Crippen LogP contribution in [-0.4, -0.2) is 37.1 Å². The smallest absolute Gasteiger partial charge is 0.338 e. The van der Waals surface area contributed by atoms with Crippen molar-refractivity contribution < 1.29 is 9.53 Å². The number of esters is 1. The number of carbonyl (C=O) groups excluding carboxylic acids is 1. The maximum atomic E-state index is 11.8. The molecule has 1 rings (SSSR count). The normalized spacial score (nSPS) is 10.6. The molecule has 0 radical (unpaired) electrons. The maximum Gasteiger partial charge on any atom is 0.338 e. The van der Waals surface area contributed by atoms with E-state index in [-0.39, 0.29) is 5.97 Å². The fourth-order valence-corrected chi connectivity index (χ4v) is 2.07. The van der Waals surface area contributed by atoms with Crippen molar-refractivity contribution in [2.45, 2.75) is 13.8 Å². The summed E-state index contributed by atoms with van der Waals surface area (Å²) in [7, 11) is 0. The standard InChI is InChI=1S/C13H18Br2N2O2/c1-3-16(4-2)9-10-19-13(18)11-5-7-12(8-6-11)17(14)15/h5-8H,3-4,9-10H2,1-2H3. The second-order valence-electron chi connectivity index (χ2n) is 3.94. The van der Waals surface area contributed by atoms with E-state index in [1.165, 1.54) is 0 Å². The minimum absolute atomic E-state index is 0.283. The van der Waals surface area contributed by atoms with E-state index in [0.717, 1.165) is 25.3 Å². The molecule has 0 saturated heterocycles. The van der Waals surface area contributed by atoms with E-state index in [1.807, 2.05) is 12.1 Å². The fourth-order valence-electron chi connectivity index (χ4n) is 1.60. The first-order valence-electron chi connectivity index (χ1n) is 6.19. The molecule has 0 saturated carbocycles. The summed E-state index contributed by atoms with van der Waals surface area (Å²) in [6.45, 7) is 7.32. The summed E-state index contributed by atoms with van der Waals surface area (Å²) in [5.74, 6) is -0.283. The van der Waals surface area contributed by atoms with Gasteiger partial charge in [-0.05, 0) is 37.4 Å². The van der Waals surface area contributed by atoms with E-state index < -0.39 is 0 Å². The summed E-state index contributed by atoms with van der Waals surface area (Å²) in [5, 5.41) is 0. The van der Waals surface area contributed by atoms with Gasteiger partial charge in [-0.15, -0.1) is 0 Å². The van der Waals surface area contributed by atoms with Crippen molar-refractivity contribution in [3.63, 3.8) is 0 Å². The van der Waals surface area contributed by atoms with Crippen molar-refractivity contribution in [1.29, 1.82) is 0 Å². The molecule has 0 N–H and O–H groups in total. The Morgan fingerprint density at radius 3 is 2.21 bits per heavy atom. The number of ether oxygens (including phenoxy) is 1. The van der Waals surface area contributed by atoms with Gasteiger partial charge in [0.25, 0.3) is 0 Å². The van der Waals surface area contributed by atoms with Gasteiger partial charge in [0.1, 0.15) is 6.61 Å². The Bertz CT molecular complexity index is 392. The molecule has 6 heteroatoms. The molecule has 0 aliphatic carbocycles. The minimum atomic E-state index is -0.283. The van der Waals surface area contributed by atoms with Gasteiger partial charge in [0, 0.05) is 6.54 Å². The average Bonchev–Trinajstić information content (AvgIpc) is 2.43. The molecule has 0 spiro atoms. The predicted molar refractivity (Wildman–Crippen MR) is 84.8 cm³/mol. The van der Waals surface area contributed by atoms with Gasteiger partial charge in [0.2, 0.25) is 0 Å². The van der Waals surface area contributed by atoms with Crippen LogP contribution in [0.3, 0.4) is 0 Å². The summed E-state index contributed by atoms with van der Waals surface area (Å²) in [4.78, 5) is 14.0. The van der Waals surface area contributed by atoms with E-state index in [1.54, 1.807) is 15.1 Å². The van der Waals surface area contributed by atoms with Crippen LogP contribution in [0.2, 0.25) is 0 Å². The molecule has 0 fully saturated rings. The summed E-state index contributed by atoms with van der Waals surface area (Å²) in [6, 6.07) is 7.13. The topological polar surface area (TPSA) is 32.8 Å². The van der Waals surface area contributed by atoms with Crippen molar-refractivity contribution in [2.24, 2.45) is 0 Å².